The fourth-order valence-corrected chi connectivity index (χ4v) is 5.21. The minimum Gasteiger partial charge on any atom is -0.493 e. The lowest BCUT2D eigenvalue weighted by Crippen LogP contribution is -2.47. The summed E-state index contributed by atoms with van der Waals surface area (Å²) in [5, 5.41) is 0. The monoisotopic (exact) mass is 457 g/mol. The minimum atomic E-state index is -0.360. The molecule has 8 nitrogen and oxygen atoms in total. The molecule has 3 fully saturated rings. The summed E-state index contributed by atoms with van der Waals surface area (Å²) in [4.78, 5) is 44.3. The normalized spacial score (nSPS) is 22.6. The Morgan fingerprint density at radius 2 is 1.42 bits per heavy atom. The summed E-state index contributed by atoms with van der Waals surface area (Å²) in [6.07, 6.45) is 3.77. The van der Waals surface area contributed by atoms with E-state index in [1.807, 2.05) is 15.9 Å². The second-order valence-electron chi connectivity index (χ2n) is 9.55. The zero-order valence-corrected chi connectivity index (χ0v) is 19.9. The molecule has 3 aliphatic rings. The predicted octanol–water partition coefficient (Wildman–Crippen LogP) is 2.55. The number of hydrogen-bond donors (Lipinski definition) is 0. The van der Waals surface area contributed by atoms with Gasteiger partial charge in [0.15, 0.2) is 11.5 Å². The molecule has 1 aromatic carbocycles. The van der Waals surface area contributed by atoms with Crippen molar-refractivity contribution in [3.63, 3.8) is 0 Å². The van der Waals surface area contributed by atoms with E-state index in [2.05, 4.69) is 6.92 Å². The quantitative estimate of drug-likeness (QED) is 0.679. The minimum absolute atomic E-state index is 0.0101. The highest BCUT2D eigenvalue weighted by molar-refractivity contribution is 6.00. The van der Waals surface area contributed by atoms with Gasteiger partial charge < -0.3 is 24.2 Å². The summed E-state index contributed by atoms with van der Waals surface area (Å²) in [5.41, 5.74) is 0.702. The van der Waals surface area contributed by atoms with Gasteiger partial charge in [0, 0.05) is 56.8 Å². The number of ether oxygens (including phenoxy) is 2. The first-order valence-corrected chi connectivity index (χ1v) is 12.0. The van der Waals surface area contributed by atoms with Gasteiger partial charge in [-0.25, -0.2) is 0 Å². The van der Waals surface area contributed by atoms with E-state index in [9.17, 15) is 14.4 Å². The molecule has 3 saturated heterocycles. The van der Waals surface area contributed by atoms with Gasteiger partial charge in [0.1, 0.15) is 0 Å². The molecule has 1 atom stereocenters. The third-order valence-electron chi connectivity index (χ3n) is 7.40. The molecule has 4 rings (SSSR count). The molecular weight excluding hydrogens is 422 g/mol. The third kappa shape index (κ3) is 4.94. The average molecular weight is 458 g/mol. The Morgan fingerprint density at radius 1 is 0.848 bits per heavy atom. The van der Waals surface area contributed by atoms with Crippen LogP contribution in [0.1, 0.15) is 39.0 Å². The second kappa shape index (κ2) is 10.0. The van der Waals surface area contributed by atoms with Gasteiger partial charge in [0.05, 0.1) is 20.1 Å². The van der Waals surface area contributed by atoms with Crippen molar-refractivity contribution >= 4 is 23.4 Å². The van der Waals surface area contributed by atoms with Crippen molar-refractivity contribution in [2.75, 3.05) is 51.8 Å². The lowest BCUT2D eigenvalue weighted by molar-refractivity contribution is -0.143. The maximum Gasteiger partial charge on any atom is 0.228 e. The zero-order valence-electron chi connectivity index (χ0n) is 19.9. The molecule has 0 bridgehead atoms. The van der Waals surface area contributed by atoms with Crippen molar-refractivity contribution < 1.29 is 23.9 Å². The molecule has 180 valence electrons. The fourth-order valence-electron chi connectivity index (χ4n) is 5.21. The largest absolute Gasteiger partial charge is 0.493 e. The van der Waals surface area contributed by atoms with Gasteiger partial charge in [-0.1, -0.05) is 6.92 Å². The molecule has 8 heteroatoms. The lowest BCUT2D eigenvalue weighted by Gasteiger charge is -2.37. The van der Waals surface area contributed by atoms with Crippen LogP contribution in [0, 0.1) is 17.8 Å². The van der Waals surface area contributed by atoms with E-state index in [1.54, 1.807) is 31.3 Å². The van der Waals surface area contributed by atoms with Crippen molar-refractivity contribution in [1.82, 2.24) is 9.80 Å². The van der Waals surface area contributed by atoms with Gasteiger partial charge in [-0.3, -0.25) is 14.4 Å². The summed E-state index contributed by atoms with van der Waals surface area (Å²) in [6.45, 7) is 5.48. The molecule has 0 saturated carbocycles. The van der Waals surface area contributed by atoms with E-state index in [-0.39, 0.29) is 36.0 Å². The number of amides is 3. The molecule has 3 heterocycles. The fraction of sp³-hybridized carbons (Fsp3) is 0.640. The summed E-state index contributed by atoms with van der Waals surface area (Å²) in [5.74, 6) is 1.70. The predicted molar refractivity (Wildman–Crippen MR) is 124 cm³/mol. The van der Waals surface area contributed by atoms with E-state index in [4.69, 9.17) is 9.47 Å². The number of carbonyl (C=O) groups excluding carboxylic acids is 3. The van der Waals surface area contributed by atoms with Crippen LogP contribution in [0.15, 0.2) is 18.2 Å². The summed E-state index contributed by atoms with van der Waals surface area (Å²) in [6, 6.07) is 5.34. The van der Waals surface area contributed by atoms with E-state index < -0.39 is 0 Å². The maximum atomic E-state index is 13.2. The summed E-state index contributed by atoms with van der Waals surface area (Å²) >= 11 is 0. The number of benzene rings is 1. The van der Waals surface area contributed by atoms with Crippen LogP contribution in [0.4, 0.5) is 5.69 Å². The van der Waals surface area contributed by atoms with E-state index >= 15 is 0 Å². The number of nitrogens with zero attached hydrogens (tertiary/aromatic N) is 3. The van der Waals surface area contributed by atoms with Crippen LogP contribution in [-0.2, 0) is 14.4 Å². The summed E-state index contributed by atoms with van der Waals surface area (Å²) in [7, 11) is 3.12. The van der Waals surface area contributed by atoms with Crippen molar-refractivity contribution in [1.29, 1.82) is 0 Å². The van der Waals surface area contributed by atoms with Gasteiger partial charge in [-0.2, -0.15) is 0 Å². The van der Waals surface area contributed by atoms with Gasteiger partial charge in [0.2, 0.25) is 17.7 Å². The molecule has 3 amide bonds. The Labute approximate surface area is 195 Å². The first kappa shape index (κ1) is 23.4. The SMILES string of the molecule is COc1ccc(N2CC(C(=O)N3CCC(C(=O)N4CCC(C)CC4)CC3)CC2=O)cc1OC. The number of carbonyl (C=O) groups is 3. The summed E-state index contributed by atoms with van der Waals surface area (Å²) < 4.78 is 10.6. The van der Waals surface area contributed by atoms with Crippen molar-refractivity contribution in [2.45, 2.75) is 39.0 Å². The molecule has 0 spiro atoms. The van der Waals surface area contributed by atoms with Crippen LogP contribution < -0.4 is 14.4 Å². The number of rotatable bonds is 5. The number of likely N-dealkylation sites (tertiary alicyclic amines) is 2. The number of hydrogen-bond acceptors (Lipinski definition) is 5. The molecule has 0 aromatic heterocycles. The third-order valence-corrected chi connectivity index (χ3v) is 7.40. The first-order chi connectivity index (χ1) is 15.9. The van der Waals surface area contributed by atoms with E-state index in [1.165, 1.54) is 0 Å². The number of anilines is 1. The van der Waals surface area contributed by atoms with Crippen LogP contribution >= 0.6 is 0 Å². The zero-order chi connectivity index (χ0) is 23.5. The molecular formula is C25H35N3O5. The van der Waals surface area contributed by atoms with E-state index in [0.717, 1.165) is 25.9 Å². The highest BCUT2D eigenvalue weighted by Crippen LogP contribution is 2.35. The Hall–Kier alpha value is -2.77. The Morgan fingerprint density at radius 3 is 2.03 bits per heavy atom. The van der Waals surface area contributed by atoms with Gasteiger partial charge in [-0.15, -0.1) is 0 Å². The maximum absolute atomic E-state index is 13.2. The molecule has 3 aliphatic heterocycles. The van der Waals surface area contributed by atoms with Gasteiger partial charge in [0.25, 0.3) is 0 Å². The van der Waals surface area contributed by atoms with Gasteiger partial charge >= 0.3 is 0 Å². The molecule has 0 radical (unpaired) electrons. The van der Waals surface area contributed by atoms with Crippen molar-refractivity contribution in [3.8, 4) is 11.5 Å². The Kier molecular flexibility index (Phi) is 7.10. The Balaban J connectivity index is 1.32. The highest BCUT2D eigenvalue weighted by atomic mass is 16.5. The molecule has 1 aromatic rings. The first-order valence-electron chi connectivity index (χ1n) is 12.0. The van der Waals surface area contributed by atoms with Crippen LogP contribution in [0.3, 0.4) is 0 Å². The van der Waals surface area contributed by atoms with Gasteiger partial charge in [-0.05, 0) is 43.7 Å². The number of methoxy groups -OCH3 is 2. The molecule has 1 unspecified atom stereocenters. The van der Waals surface area contributed by atoms with Crippen LogP contribution in [0.25, 0.3) is 0 Å². The van der Waals surface area contributed by atoms with Crippen molar-refractivity contribution in [2.24, 2.45) is 17.8 Å². The topological polar surface area (TPSA) is 79.4 Å². The van der Waals surface area contributed by atoms with Crippen LogP contribution in [0.2, 0.25) is 0 Å². The molecule has 0 N–H and O–H groups in total. The van der Waals surface area contributed by atoms with E-state index in [0.29, 0.717) is 55.6 Å². The smallest absolute Gasteiger partial charge is 0.228 e. The highest BCUT2D eigenvalue weighted by Gasteiger charge is 2.39. The second-order valence-corrected chi connectivity index (χ2v) is 9.55. The van der Waals surface area contributed by atoms with Crippen molar-refractivity contribution in [3.05, 3.63) is 18.2 Å². The number of piperidine rings is 2. The molecule has 0 aliphatic carbocycles. The Bertz CT molecular complexity index is 888. The standard InChI is InChI=1S/C25H35N3O5/c1-17-6-10-26(11-7-17)24(30)18-8-12-27(13-9-18)25(31)19-14-23(29)28(16-19)20-4-5-21(32-2)22(15-20)33-3/h4-5,15,17-19H,6-14,16H2,1-3H3. The lowest BCUT2D eigenvalue weighted by atomic mass is 9.92. The molecule has 33 heavy (non-hydrogen) atoms. The van der Waals surface area contributed by atoms with Crippen LogP contribution in [0.5, 0.6) is 11.5 Å². The average Bonchev–Trinajstić information content (AvgIpc) is 3.24. The van der Waals surface area contributed by atoms with Crippen LogP contribution in [-0.4, -0.2) is 74.5 Å².